The third kappa shape index (κ3) is 8.07. The highest BCUT2D eigenvalue weighted by Crippen LogP contribution is 2.11. The van der Waals surface area contributed by atoms with Crippen LogP contribution in [0.2, 0.25) is 0 Å². The fraction of sp³-hybridized carbons (Fsp3) is 0.320. The normalized spacial score (nSPS) is 20.4. The number of hydrogen-bond acceptors (Lipinski definition) is 4. The Bertz CT molecular complexity index is 981. The van der Waals surface area contributed by atoms with E-state index in [1.165, 1.54) is 18.2 Å². The van der Waals surface area contributed by atoms with E-state index in [0.717, 1.165) is 5.56 Å². The van der Waals surface area contributed by atoms with Gasteiger partial charge in [0.05, 0.1) is 6.04 Å². The number of halogens is 1. The van der Waals surface area contributed by atoms with Crippen molar-refractivity contribution in [3.05, 3.63) is 83.7 Å². The van der Waals surface area contributed by atoms with Crippen LogP contribution in [0.5, 0.6) is 0 Å². The molecule has 2 atom stereocenters. The second-order valence-corrected chi connectivity index (χ2v) is 7.82. The van der Waals surface area contributed by atoms with Crippen LogP contribution in [-0.2, 0) is 27.4 Å². The van der Waals surface area contributed by atoms with E-state index in [9.17, 15) is 18.8 Å². The summed E-state index contributed by atoms with van der Waals surface area (Å²) in [5.74, 6) is -1.09. The SMILES string of the molecule is O=C1/C=C/[C@H](Cc2ccccc2F)NC(=O)[C@@H](NC(=O)OCc2ccccc2)CCCCN1. The highest BCUT2D eigenvalue weighted by Gasteiger charge is 2.24. The molecule has 33 heavy (non-hydrogen) atoms. The number of rotatable bonds is 5. The minimum Gasteiger partial charge on any atom is -0.445 e. The zero-order valence-corrected chi connectivity index (χ0v) is 18.3. The van der Waals surface area contributed by atoms with Gasteiger partial charge in [0.25, 0.3) is 0 Å². The second kappa shape index (κ2) is 12.4. The van der Waals surface area contributed by atoms with Crippen LogP contribution in [0.25, 0.3) is 0 Å². The van der Waals surface area contributed by atoms with Gasteiger partial charge in [-0.2, -0.15) is 0 Å². The first kappa shape index (κ1) is 24.0. The molecule has 3 amide bonds. The van der Waals surface area contributed by atoms with Crippen LogP contribution in [0, 0.1) is 5.82 Å². The summed E-state index contributed by atoms with van der Waals surface area (Å²) in [6.45, 7) is 0.541. The van der Waals surface area contributed by atoms with Gasteiger partial charge in [-0.25, -0.2) is 9.18 Å². The Hall–Kier alpha value is -3.68. The molecule has 3 rings (SSSR count). The molecule has 1 aliphatic heterocycles. The van der Waals surface area contributed by atoms with Crippen molar-refractivity contribution in [2.45, 2.75) is 44.4 Å². The van der Waals surface area contributed by atoms with E-state index >= 15 is 0 Å². The first-order valence-electron chi connectivity index (χ1n) is 11.0. The molecule has 0 saturated heterocycles. The van der Waals surface area contributed by atoms with E-state index in [-0.39, 0.29) is 18.9 Å². The van der Waals surface area contributed by atoms with Gasteiger partial charge in [0.1, 0.15) is 18.5 Å². The van der Waals surface area contributed by atoms with Crippen LogP contribution >= 0.6 is 0 Å². The summed E-state index contributed by atoms with van der Waals surface area (Å²) >= 11 is 0. The molecule has 0 unspecified atom stereocenters. The zero-order chi connectivity index (χ0) is 23.5. The number of ether oxygens (including phenoxy) is 1. The molecule has 1 heterocycles. The molecule has 8 heteroatoms. The molecular weight excluding hydrogens is 425 g/mol. The van der Waals surface area contributed by atoms with Gasteiger partial charge in [-0.15, -0.1) is 0 Å². The molecule has 0 radical (unpaired) electrons. The van der Waals surface area contributed by atoms with Crippen molar-refractivity contribution in [3.63, 3.8) is 0 Å². The van der Waals surface area contributed by atoms with Crippen molar-refractivity contribution in [2.75, 3.05) is 6.54 Å². The summed E-state index contributed by atoms with van der Waals surface area (Å²) in [6.07, 6.45) is 3.98. The summed E-state index contributed by atoms with van der Waals surface area (Å²) in [4.78, 5) is 37.3. The van der Waals surface area contributed by atoms with Gasteiger partial charge >= 0.3 is 6.09 Å². The van der Waals surface area contributed by atoms with Crippen molar-refractivity contribution in [3.8, 4) is 0 Å². The average molecular weight is 454 g/mol. The van der Waals surface area contributed by atoms with Crippen molar-refractivity contribution in [1.82, 2.24) is 16.0 Å². The van der Waals surface area contributed by atoms with Crippen LogP contribution in [0.4, 0.5) is 9.18 Å². The minimum absolute atomic E-state index is 0.0890. The summed E-state index contributed by atoms with van der Waals surface area (Å²) in [7, 11) is 0. The standard InChI is InChI=1S/C25H28FN3O4/c26-21-11-5-4-10-19(21)16-20-13-14-23(30)27-15-7-6-12-22(24(31)28-20)29-25(32)33-17-18-8-2-1-3-9-18/h1-5,8-11,13-14,20,22H,6-7,12,15-17H2,(H,27,30)(H,28,31)(H,29,32)/b14-13+/t20-,22+/m1/s1. The minimum atomic E-state index is -0.820. The van der Waals surface area contributed by atoms with Crippen molar-refractivity contribution in [1.29, 1.82) is 0 Å². The second-order valence-electron chi connectivity index (χ2n) is 7.82. The molecule has 0 saturated carbocycles. The largest absolute Gasteiger partial charge is 0.445 e. The summed E-state index contributed by atoms with van der Waals surface area (Å²) < 4.78 is 19.4. The highest BCUT2D eigenvalue weighted by atomic mass is 19.1. The van der Waals surface area contributed by atoms with Gasteiger partial charge in [-0.05, 0) is 42.9 Å². The number of alkyl carbamates (subject to hydrolysis) is 1. The topological polar surface area (TPSA) is 96.5 Å². The zero-order valence-electron chi connectivity index (χ0n) is 18.3. The number of carbonyl (C=O) groups excluding carboxylic acids is 3. The average Bonchev–Trinajstić information content (AvgIpc) is 2.81. The fourth-order valence-corrected chi connectivity index (χ4v) is 3.47. The van der Waals surface area contributed by atoms with Crippen molar-refractivity contribution in [2.24, 2.45) is 0 Å². The smallest absolute Gasteiger partial charge is 0.408 e. The molecular formula is C25H28FN3O4. The Morgan fingerprint density at radius 2 is 1.82 bits per heavy atom. The third-order valence-corrected chi connectivity index (χ3v) is 5.25. The predicted molar refractivity (Wildman–Crippen MR) is 122 cm³/mol. The van der Waals surface area contributed by atoms with Crippen molar-refractivity contribution >= 4 is 17.9 Å². The predicted octanol–water partition coefficient (Wildman–Crippen LogP) is 3.00. The van der Waals surface area contributed by atoms with Gasteiger partial charge in [0.2, 0.25) is 11.8 Å². The Kier molecular flexibility index (Phi) is 8.99. The number of carbonyl (C=O) groups is 3. The van der Waals surface area contributed by atoms with E-state index in [1.807, 2.05) is 30.3 Å². The lowest BCUT2D eigenvalue weighted by Crippen LogP contribution is -2.50. The molecule has 2 aromatic rings. The lowest BCUT2D eigenvalue weighted by atomic mass is 10.0. The summed E-state index contributed by atoms with van der Waals surface area (Å²) in [6, 6.07) is 14.0. The number of benzene rings is 2. The lowest BCUT2D eigenvalue weighted by molar-refractivity contribution is -0.124. The molecule has 0 bridgehead atoms. The van der Waals surface area contributed by atoms with Crippen LogP contribution in [0.1, 0.15) is 30.4 Å². The van der Waals surface area contributed by atoms with Crippen LogP contribution in [0.3, 0.4) is 0 Å². The Morgan fingerprint density at radius 3 is 2.61 bits per heavy atom. The molecule has 3 N–H and O–H groups in total. The van der Waals surface area contributed by atoms with Gasteiger partial charge in [-0.3, -0.25) is 9.59 Å². The summed E-state index contributed by atoms with van der Waals surface area (Å²) in [5.41, 5.74) is 1.24. The number of nitrogens with one attached hydrogen (secondary N) is 3. The fourth-order valence-electron chi connectivity index (χ4n) is 3.47. The molecule has 0 fully saturated rings. The highest BCUT2D eigenvalue weighted by molar-refractivity contribution is 5.88. The van der Waals surface area contributed by atoms with E-state index in [4.69, 9.17) is 4.74 Å². The molecule has 174 valence electrons. The Labute approximate surface area is 192 Å². The van der Waals surface area contributed by atoms with E-state index in [0.29, 0.717) is 31.4 Å². The maximum atomic E-state index is 14.1. The quantitative estimate of drug-likeness (QED) is 0.649. The van der Waals surface area contributed by atoms with Crippen LogP contribution in [0.15, 0.2) is 66.7 Å². The summed E-state index contributed by atoms with van der Waals surface area (Å²) in [5, 5.41) is 8.23. The molecule has 1 aliphatic rings. The first-order valence-corrected chi connectivity index (χ1v) is 11.0. The van der Waals surface area contributed by atoms with Gasteiger partial charge in [-0.1, -0.05) is 54.6 Å². The van der Waals surface area contributed by atoms with Crippen LogP contribution < -0.4 is 16.0 Å². The van der Waals surface area contributed by atoms with Gasteiger partial charge in [0, 0.05) is 12.6 Å². The monoisotopic (exact) mass is 453 g/mol. The Balaban J connectivity index is 1.68. The van der Waals surface area contributed by atoms with E-state index in [1.54, 1.807) is 18.2 Å². The molecule has 2 aromatic carbocycles. The lowest BCUT2D eigenvalue weighted by Gasteiger charge is -2.22. The molecule has 0 aromatic heterocycles. The van der Waals surface area contributed by atoms with Crippen LogP contribution in [-0.4, -0.2) is 36.5 Å². The van der Waals surface area contributed by atoms with Gasteiger partial charge < -0.3 is 20.7 Å². The number of hydrogen-bond donors (Lipinski definition) is 3. The van der Waals surface area contributed by atoms with E-state index < -0.39 is 29.9 Å². The third-order valence-electron chi connectivity index (χ3n) is 5.25. The van der Waals surface area contributed by atoms with E-state index in [2.05, 4.69) is 16.0 Å². The molecule has 7 nitrogen and oxygen atoms in total. The van der Waals surface area contributed by atoms with Crippen molar-refractivity contribution < 1.29 is 23.5 Å². The first-order chi connectivity index (χ1) is 16.0. The molecule has 0 aliphatic carbocycles. The Morgan fingerprint density at radius 1 is 1.06 bits per heavy atom. The molecule has 0 spiro atoms. The maximum absolute atomic E-state index is 14.1. The number of amides is 3. The maximum Gasteiger partial charge on any atom is 0.408 e. The van der Waals surface area contributed by atoms with Gasteiger partial charge in [0.15, 0.2) is 0 Å².